The van der Waals surface area contributed by atoms with Crippen LogP contribution in [0.1, 0.15) is 11.1 Å². The van der Waals surface area contributed by atoms with E-state index in [1.165, 1.54) is 6.07 Å². The topological polar surface area (TPSA) is 52.4 Å². The van der Waals surface area contributed by atoms with Gasteiger partial charge in [-0.3, -0.25) is 10.1 Å². The molecule has 4 nitrogen and oxygen atoms in total. The Morgan fingerprint density at radius 1 is 1.25 bits per heavy atom. The standard InChI is InChI=1S/C14H11BrClNO3/c1-9-2-5-12(17(18)19)14(6-9)20-13-7-11(16)4-3-10(13)8-15/h2-7H,8H2,1H3. The van der Waals surface area contributed by atoms with Crippen LogP contribution < -0.4 is 4.74 Å². The largest absolute Gasteiger partial charge is 0.450 e. The second-order valence-electron chi connectivity index (χ2n) is 4.22. The molecule has 0 aromatic heterocycles. The van der Waals surface area contributed by atoms with Crippen molar-refractivity contribution in [3.8, 4) is 11.5 Å². The van der Waals surface area contributed by atoms with Crippen molar-refractivity contribution in [1.29, 1.82) is 0 Å². The van der Waals surface area contributed by atoms with Crippen LogP contribution in [-0.2, 0) is 5.33 Å². The zero-order valence-corrected chi connectivity index (χ0v) is 12.9. The van der Waals surface area contributed by atoms with E-state index in [1.54, 1.807) is 24.3 Å². The van der Waals surface area contributed by atoms with Crippen LogP contribution in [0.5, 0.6) is 11.5 Å². The van der Waals surface area contributed by atoms with Crippen molar-refractivity contribution in [2.24, 2.45) is 0 Å². The van der Waals surface area contributed by atoms with Gasteiger partial charge < -0.3 is 4.74 Å². The molecular formula is C14H11BrClNO3. The third kappa shape index (κ3) is 3.29. The number of hydrogen-bond acceptors (Lipinski definition) is 3. The molecule has 2 rings (SSSR count). The van der Waals surface area contributed by atoms with Gasteiger partial charge in [0.05, 0.1) is 4.92 Å². The number of benzene rings is 2. The SMILES string of the molecule is Cc1ccc([N+](=O)[O-])c(Oc2cc(Cl)ccc2CBr)c1. The lowest BCUT2D eigenvalue weighted by atomic mass is 10.2. The zero-order valence-electron chi connectivity index (χ0n) is 10.6. The number of alkyl halides is 1. The van der Waals surface area contributed by atoms with E-state index in [9.17, 15) is 10.1 Å². The minimum Gasteiger partial charge on any atom is -0.450 e. The van der Waals surface area contributed by atoms with Gasteiger partial charge in [0.25, 0.3) is 0 Å². The van der Waals surface area contributed by atoms with Gasteiger partial charge in [-0.1, -0.05) is 39.7 Å². The Hall–Kier alpha value is -1.59. The molecule has 0 bridgehead atoms. The maximum atomic E-state index is 11.0. The first-order valence-corrected chi connectivity index (χ1v) is 7.28. The smallest absolute Gasteiger partial charge is 0.311 e. The molecule has 0 N–H and O–H groups in total. The molecule has 2 aromatic carbocycles. The summed E-state index contributed by atoms with van der Waals surface area (Å²) in [5.41, 5.74) is 1.68. The fourth-order valence-corrected chi connectivity index (χ4v) is 2.33. The summed E-state index contributed by atoms with van der Waals surface area (Å²) >= 11 is 9.30. The van der Waals surface area contributed by atoms with E-state index in [0.717, 1.165) is 11.1 Å². The highest BCUT2D eigenvalue weighted by atomic mass is 79.9. The minimum absolute atomic E-state index is 0.0731. The van der Waals surface area contributed by atoms with E-state index >= 15 is 0 Å². The molecule has 0 aliphatic rings. The van der Waals surface area contributed by atoms with Crippen LogP contribution in [0, 0.1) is 17.0 Å². The molecule has 0 atom stereocenters. The second-order valence-corrected chi connectivity index (χ2v) is 5.21. The second kappa shape index (κ2) is 6.24. The summed E-state index contributed by atoms with van der Waals surface area (Å²) < 4.78 is 5.70. The van der Waals surface area contributed by atoms with Crippen molar-refractivity contribution in [2.75, 3.05) is 0 Å². The molecule has 0 amide bonds. The van der Waals surface area contributed by atoms with Crippen LogP contribution >= 0.6 is 27.5 Å². The maximum Gasteiger partial charge on any atom is 0.311 e. The van der Waals surface area contributed by atoms with Gasteiger partial charge in [-0.05, 0) is 30.7 Å². The number of hydrogen-bond donors (Lipinski definition) is 0. The molecule has 0 radical (unpaired) electrons. The first-order chi connectivity index (χ1) is 9.51. The number of nitrogens with zero attached hydrogens (tertiary/aromatic N) is 1. The van der Waals surface area contributed by atoms with Crippen molar-refractivity contribution >= 4 is 33.2 Å². The molecule has 0 saturated heterocycles. The molecule has 2 aromatic rings. The van der Waals surface area contributed by atoms with Crippen LogP contribution in [0.15, 0.2) is 36.4 Å². The van der Waals surface area contributed by atoms with E-state index < -0.39 is 4.92 Å². The van der Waals surface area contributed by atoms with E-state index in [4.69, 9.17) is 16.3 Å². The monoisotopic (exact) mass is 355 g/mol. The molecule has 104 valence electrons. The van der Waals surface area contributed by atoms with Gasteiger partial charge in [0, 0.05) is 22.0 Å². The Bertz CT molecular complexity index is 661. The van der Waals surface area contributed by atoms with Crippen molar-refractivity contribution in [1.82, 2.24) is 0 Å². The van der Waals surface area contributed by atoms with Crippen LogP contribution in [0.25, 0.3) is 0 Å². The average molecular weight is 357 g/mol. The van der Waals surface area contributed by atoms with Gasteiger partial charge in [-0.15, -0.1) is 0 Å². The molecule has 0 saturated carbocycles. The number of aryl methyl sites for hydroxylation is 1. The third-order valence-electron chi connectivity index (χ3n) is 2.71. The number of nitro groups is 1. The van der Waals surface area contributed by atoms with E-state index in [1.807, 2.05) is 13.0 Å². The molecule has 0 spiro atoms. The van der Waals surface area contributed by atoms with Crippen LogP contribution in [0.3, 0.4) is 0 Å². The van der Waals surface area contributed by atoms with Crippen molar-refractivity contribution in [3.05, 3.63) is 62.7 Å². The number of rotatable bonds is 4. The van der Waals surface area contributed by atoms with Gasteiger partial charge in [-0.2, -0.15) is 0 Å². The van der Waals surface area contributed by atoms with E-state index in [0.29, 0.717) is 16.1 Å². The lowest BCUT2D eigenvalue weighted by Gasteiger charge is -2.11. The fourth-order valence-electron chi connectivity index (χ4n) is 1.71. The summed E-state index contributed by atoms with van der Waals surface area (Å²) in [6.45, 7) is 1.85. The summed E-state index contributed by atoms with van der Waals surface area (Å²) in [6, 6.07) is 9.95. The van der Waals surface area contributed by atoms with Crippen LogP contribution in [0.4, 0.5) is 5.69 Å². The quantitative estimate of drug-likeness (QED) is 0.427. The summed E-state index contributed by atoms with van der Waals surface area (Å²) in [7, 11) is 0. The van der Waals surface area contributed by atoms with Crippen molar-refractivity contribution in [3.63, 3.8) is 0 Å². The van der Waals surface area contributed by atoms with Crippen molar-refractivity contribution < 1.29 is 9.66 Å². The van der Waals surface area contributed by atoms with Crippen LogP contribution in [0.2, 0.25) is 5.02 Å². The molecule has 0 unspecified atom stereocenters. The highest BCUT2D eigenvalue weighted by Crippen LogP contribution is 2.35. The number of nitro benzene ring substituents is 1. The van der Waals surface area contributed by atoms with Gasteiger partial charge in [0.15, 0.2) is 0 Å². The predicted octanol–water partition coefficient (Wildman–Crippen LogP) is 5.24. The predicted molar refractivity (Wildman–Crippen MR) is 82.0 cm³/mol. The summed E-state index contributed by atoms with van der Waals surface area (Å²) in [6.07, 6.45) is 0. The number of halogens is 2. The summed E-state index contributed by atoms with van der Waals surface area (Å²) in [5, 5.41) is 12.1. The van der Waals surface area contributed by atoms with E-state index in [2.05, 4.69) is 15.9 Å². The molecule has 0 fully saturated rings. The molecule has 20 heavy (non-hydrogen) atoms. The third-order valence-corrected chi connectivity index (χ3v) is 3.54. The average Bonchev–Trinajstić information content (AvgIpc) is 2.38. The van der Waals surface area contributed by atoms with Gasteiger partial charge in [-0.25, -0.2) is 0 Å². The lowest BCUT2D eigenvalue weighted by molar-refractivity contribution is -0.385. The first-order valence-electron chi connectivity index (χ1n) is 5.78. The van der Waals surface area contributed by atoms with E-state index in [-0.39, 0.29) is 11.4 Å². The molecule has 0 aliphatic heterocycles. The highest BCUT2D eigenvalue weighted by molar-refractivity contribution is 9.08. The van der Waals surface area contributed by atoms with Crippen molar-refractivity contribution in [2.45, 2.75) is 12.3 Å². The molecule has 0 aliphatic carbocycles. The summed E-state index contributed by atoms with van der Waals surface area (Å²) in [5.74, 6) is 0.711. The van der Waals surface area contributed by atoms with Gasteiger partial charge in [0.1, 0.15) is 5.75 Å². The Morgan fingerprint density at radius 2 is 2.00 bits per heavy atom. The van der Waals surface area contributed by atoms with Gasteiger partial charge in [0.2, 0.25) is 5.75 Å². The minimum atomic E-state index is -0.465. The Morgan fingerprint density at radius 3 is 2.65 bits per heavy atom. The first kappa shape index (κ1) is 14.8. The molecular weight excluding hydrogens is 346 g/mol. The zero-order chi connectivity index (χ0) is 14.7. The summed E-state index contributed by atoms with van der Waals surface area (Å²) in [4.78, 5) is 10.6. The number of ether oxygens (including phenoxy) is 1. The highest BCUT2D eigenvalue weighted by Gasteiger charge is 2.17. The van der Waals surface area contributed by atoms with Gasteiger partial charge >= 0.3 is 5.69 Å². The Balaban J connectivity index is 2.46. The molecule has 6 heteroatoms. The fraction of sp³-hybridized carbons (Fsp3) is 0.143. The Labute approximate surface area is 129 Å². The Kier molecular flexibility index (Phi) is 4.62. The molecule has 0 heterocycles. The lowest BCUT2D eigenvalue weighted by Crippen LogP contribution is -1.96. The maximum absolute atomic E-state index is 11.0. The normalized spacial score (nSPS) is 10.3. The van der Waals surface area contributed by atoms with Crippen LogP contribution in [-0.4, -0.2) is 4.92 Å².